The molecule has 1 aromatic rings. The molecular formula is C29H42N2O2. The van der Waals surface area contributed by atoms with Crippen molar-refractivity contribution in [1.82, 2.24) is 9.88 Å². The van der Waals surface area contributed by atoms with Gasteiger partial charge in [0.05, 0.1) is 5.56 Å². The fourth-order valence-corrected chi connectivity index (χ4v) is 3.27. The van der Waals surface area contributed by atoms with Gasteiger partial charge in [-0.05, 0) is 83.0 Å². The van der Waals surface area contributed by atoms with Gasteiger partial charge >= 0.3 is 5.97 Å². The average molecular weight is 451 g/mol. The number of allylic oxidation sites excluding steroid dienone is 10. The third-order valence-corrected chi connectivity index (χ3v) is 5.22. The molecular weight excluding hydrogens is 408 g/mol. The van der Waals surface area contributed by atoms with E-state index in [1.807, 2.05) is 0 Å². The Labute approximate surface area is 201 Å². The smallest absolute Gasteiger partial charge is 0.337 e. The summed E-state index contributed by atoms with van der Waals surface area (Å²) in [6.07, 6.45) is 34.7. The van der Waals surface area contributed by atoms with Crippen LogP contribution in [0.25, 0.3) is 0 Å². The van der Waals surface area contributed by atoms with Crippen molar-refractivity contribution in [1.29, 1.82) is 0 Å². The maximum Gasteiger partial charge on any atom is 0.337 e. The van der Waals surface area contributed by atoms with Crippen LogP contribution < -0.4 is 0 Å². The van der Waals surface area contributed by atoms with Crippen molar-refractivity contribution in [2.75, 3.05) is 20.1 Å². The Kier molecular flexibility index (Phi) is 17.1. The lowest BCUT2D eigenvalue weighted by Gasteiger charge is -2.16. The average Bonchev–Trinajstić information content (AvgIpc) is 2.82. The van der Waals surface area contributed by atoms with Gasteiger partial charge in [-0.25, -0.2) is 4.79 Å². The second-order valence-electron chi connectivity index (χ2n) is 8.10. The molecule has 4 nitrogen and oxygen atoms in total. The van der Waals surface area contributed by atoms with Crippen LogP contribution in [-0.4, -0.2) is 41.1 Å². The van der Waals surface area contributed by atoms with Crippen LogP contribution in [0.2, 0.25) is 0 Å². The largest absolute Gasteiger partial charge is 0.478 e. The van der Waals surface area contributed by atoms with Crippen LogP contribution in [0, 0.1) is 0 Å². The first-order chi connectivity index (χ1) is 16.1. The molecule has 1 N–H and O–H groups in total. The molecule has 0 amide bonds. The van der Waals surface area contributed by atoms with E-state index in [0.717, 1.165) is 70.0 Å². The number of aromatic carboxylic acids is 1. The molecule has 0 bridgehead atoms. The summed E-state index contributed by atoms with van der Waals surface area (Å²) in [7, 11) is 2.10. The van der Waals surface area contributed by atoms with Gasteiger partial charge in [0.1, 0.15) is 0 Å². The molecule has 0 aromatic carbocycles. The number of unbranched alkanes of at least 4 members (excludes halogenated alkanes) is 2. The lowest BCUT2D eigenvalue weighted by Crippen LogP contribution is -2.23. The zero-order chi connectivity index (χ0) is 24.0. The van der Waals surface area contributed by atoms with Crippen LogP contribution in [0.4, 0.5) is 0 Å². The van der Waals surface area contributed by atoms with E-state index in [-0.39, 0.29) is 0 Å². The van der Waals surface area contributed by atoms with Gasteiger partial charge in [0.15, 0.2) is 0 Å². The van der Waals surface area contributed by atoms with Gasteiger partial charge in [-0.15, -0.1) is 0 Å². The molecule has 0 fully saturated rings. The van der Waals surface area contributed by atoms with E-state index in [1.165, 1.54) is 12.6 Å². The maximum absolute atomic E-state index is 11.2. The predicted molar refractivity (Wildman–Crippen MR) is 141 cm³/mol. The van der Waals surface area contributed by atoms with Crippen molar-refractivity contribution in [2.45, 2.75) is 64.7 Å². The van der Waals surface area contributed by atoms with E-state index < -0.39 is 5.97 Å². The molecule has 0 aliphatic carbocycles. The lowest BCUT2D eigenvalue weighted by molar-refractivity contribution is 0.0695. The summed E-state index contributed by atoms with van der Waals surface area (Å²) in [5.74, 6) is -0.905. The summed E-state index contributed by atoms with van der Waals surface area (Å²) in [6.45, 7) is 4.03. The second kappa shape index (κ2) is 19.9. The zero-order valence-corrected chi connectivity index (χ0v) is 20.5. The predicted octanol–water partition coefficient (Wildman–Crippen LogP) is 7.18. The molecule has 0 radical (unpaired) electrons. The minimum Gasteiger partial charge on any atom is -0.478 e. The maximum atomic E-state index is 11.2. The Morgan fingerprint density at radius 3 is 2.03 bits per heavy atom. The fraction of sp³-hybridized carbons (Fsp3) is 0.448. The van der Waals surface area contributed by atoms with E-state index in [9.17, 15) is 9.90 Å². The van der Waals surface area contributed by atoms with E-state index in [2.05, 4.69) is 84.6 Å². The number of hydrogen-bond acceptors (Lipinski definition) is 3. The number of pyridine rings is 1. The third-order valence-electron chi connectivity index (χ3n) is 5.22. The van der Waals surface area contributed by atoms with E-state index >= 15 is 0 Å². The van der Waals surface area contributed by atoms with Crippen LogP contribution in [-0.2, 0) is 6.42 Å². The Morgan fingerprint density at radius 2 is 1.45 bits per heavy atom. The first-order valence-corrected chi connectivity index (χ1v) is 12.2. The summed E-state index contributed by atoms with van der Waals surface area (Å²) in [6, 6.07) is 1.80. The minimum absolute atomic E-state index is 0.310. The van der Waals surface area contributed by atoms with Crippen LogP contribution in [0.5, 0.6) is 0 Å². The Morgan fingerprint density at radius 1 is 0.879 bits per heavy atom. The first kappa shape index (κ1) is 28.3. The summed E-state index contributed by atoms with van der Waals surface area (Å²) < 4.78 is 0. The standard InChI is InChI=1S/C29H42N2O2/c1-3-4-5-6-7-8-9-10-11-12-13-14-15-16-17-18-19-20-24-31(2)25-22-27-21-23-30-26-28(27)29(32)33/h4-5,7-8,10-11,13-14,16-17,21,23,26H,3,6,9,12,15,18-20,22,24-25H2,1-2H3,(H,32,33). The molecule has 0 atom stereocenters. The van der Waals surface area contributed by atoms with Gasteiger partial charge in [-0.1, -0.05) is 67.7 Å². The van der Waals surface area contributed by atoms with Crippen molar-refractivity contribution in [2.24, 2.45) is 0 Å². The zero-order valence-electron chi connectivity index (χ0n) is 20.5. The topological polar surface area (TPSA) is 53.4 Å². The number of carboxylic acids is 1. The van der Waals surface area contributed by atoms with Crippen molar-refractivity contribution in [3.05, 3.63) is 90.3 Å². The van der Waals surface area contributed by atoms with Crippen molar-refractivity contribution in [3.63, 3.8) is 0 Å². The molecule has 0 saturated heterocycles. The van der Waals surface area contributed by atoms with Gasteiger partial charge in [-0.3, -0.25) is 4.98 Å². The van der Waals surface area contributed by atoms with Crippen molar-refractivity contribution < 1.29 is 9.90 Å². The molecule has 0 aliphatic rings. The number of hydrogen-bond donors (Lipinski definition) is 1. The first-order valence-electron chi connectivity index (χ1n) is 12.2. The molecule has 1 aromatic heterocycles. The number of carbonyl (C=O) groups is 1. The van der Waals surface area contributed by atoms with Gasteiger partial charge in [-0.2, -0.15) is 0 Å². The SMILES string of the molecule is CCC=CCC=CCC=CCC=CCC=CCCCCN(C)CCc1ccncc1C(=O)O. The highest BCUT2D eigenvalue weighted by Gasteiger charge is 2.10. The van der Waals surface area contributed by atoms with Crippen LogP contribution >= 0.6 is 0 Å². The molecule has 1 heterocycles. The number of rotatable bonds is 18. The molecule has 33 heavy (non-hydrogen) atoms. The highest BCUT2D eigenvalue weighted by atomic mass is 16.4. The summed E-state index contributed by atoms with van der Waals surface area (Å²) in [5.41, 5.74) is 1.16. The molecule has 0 saturated carbocycles. The minimum atomic E-state index is -0.905. The summed E-state index contributed by atoms with van der Waals surface area (Å²) >= 11 is 0. The van der Waals surface area contributed by atoms with Gasteiger partial charge in [0, 0.05) is 18.9 Å². The van der Waals surface area contributed by atoms with Gasteiger partial charge < -0.3 is 10.0 Å². The van der Waals surface area contributed by atoms with E-state index in [0.29, 0.717) is 5.56 Å². The summed E-state index contributed by atoms with van der Waals surface area (Å²) in [5, 5.41) is 9.23. The molecule has 0 spiro atoms. The van der Waals surface area contributed by atoms with Crippen LogP contribution in [0.1, 0.15) is 74.2 Å². The van der Waals surface area contributed by atoms with Crippen LogP contribution in [0.3, 0.4) is 0 Å². The van der Waals surface area contributed by atoms with E-state index in [1.54, 1.807) is 12.3 Å². The molecule has 180 valence electrons. The van der Waals surface area contributed by atoms with Gasteiger partial charge in [0.2, 0.25) is 0 Å². The highest BCUT2D eigenvalue weighted by Crippen LogP contribution is 2.09. The normalized spacial score (nSPS) is 12.6. The number of aromatic nitrogens is 1. The Hall–Kier alpha value is -2.72. The number of carboxylic acid groups (broad SMARTS) is 1. The molecule has 0 aliphatic heterocycles. The van der Waals surface area contributed by atoms with Crippen LogP contribution in [0.15, 0.2) is 79.2 Å². The quantitative estimate of drug-likeness (QED) is 0.190. The lowest BCUT2D eigenvalue weighted by atomic mass is 10.1. The van der Waals surface area contributed by atoms with Crippen molar-refractivity contribution in [3.8, 4) is 0 Å². The Bertz CT molecular complexity index is 791. The monoisotopic (exact) mass is 450 g/mol. The summed E-state index contributed by atoms with van der Waals surface area (Å²) in [4.78, 5) is 17.4. The Balaban J connectivity index is 2.03. The molecule has 0 unspecified atom stereocenters. The number of likely N-dealkylation sites (N-methyl/N-ethyl adjacent to an activating group) is 1. The number of nitrogens with zero attached hydrogens (tertiary/aromatic N) is 2. The molecule has 1 rings (SSSR count). The van der Waals surface area contributed by atoms with E-state index in [4.69, 9.17) is 0 Å². The second-order valence-corrected chi connectivity index (χ2v) is 8.10. The highest BCUT2D eigenvalue weighted by molar-refractivity contribution is 5.88. The fourth-order valence-electron chi connectivity index (χ4n) is 3.27. The van der Waals surface area contributed by atoms with Gasteiger partial charge in [0.25, 0.3) is 0 Å². The third kappa shape index (κ3) is 15.7. The van der Waals surface area contributed by atoms with Crippen molar-refractivity contribution >= 4 is 5.97 Å². The molecule has 4 heteroatoms.